The molecule has 0 spiro atoms. The molecule has 0 aromatic carbocycles. The number of rotatable bonds is 5. The summed E-state index contributed by atoms with van der Waals surface area (Å²) < 4.78 is 7.36. The van der Waals surface area contributed by atoms with Crippen LogP contribution in [0.1, 0.15) is 0 Å². The second-order valence-electron chi connectivity index (χ2n) is 3.93. The molecule has 1 N–H and O–H groups in total. The average Bonchev–Trinajstić information content (AvgIpc) is 3.15. The highest BCUT2D eigenvalue weighted by Crippen LogP contribution is 2.37. The minimum absolute atomic E-state index is 0.385. The van der Waals surface area contributed by atoms with Crippen molar-refractivity contribution in [2.45, 2.75) is 0 Å². The summed E-state index contributed by atoms with van der Waals surface area (Å²) in [6.07, 6.45) is 4.86. The Morgan fingerprint density at radius 2 is 2.45 bits per heavy atom. The Balaban J connectivity index is 2.06. The van der Waals surface area contributed by atoms with Gasteiger partial charge < -0.3 is 4.74 Å². The Kier molecular flexibility index (Phi) is 3.30. The molecule has 0 aliphatic carbocycles. The molecule has 102 valence electrons. The zero-order valence-electron chi connectivity index (χ0n) is 10.8. The van der Waals surface area contributed by atoms with Crippen molar-refractivity contribution in [3.8, 4) is 27.3 Å². The van der Waals surface area contributed by atoms with Crippen LogP contribution in [0.5, 0.6) is 5.88 Å². The first-order valence-electron chi connectivity index (χ1n) is 5.88. The van der Waals surface area contributed by atoms with Crippen LogP contribution in [0.3, 0.4) is 0 Å². The number of aromatic nitrogens is 6. The molecule has 0 radical (unpaired) electrons. The summed E-state index contributed by atoms with van der Waals surface area (Å²) in [5.74, 6) is 1.15. The van der Waals surface area contributed by atoms with Gasteiger partial charge >= 0.3 is 0 Å². The predicted octanol–water partition coefficient (Wildman–Crippen LogP) is 1.89. The molecule has 0 unspecified atom stereocenters. The summed E-state index contributed by atoms with van der Waals surface area (Å²) in [4.78, 5) is 9.46. The van der Waals surface area contributed by atoms with E-state index >= 15 is 0 Å². The molecule has 0 fully saturated rings. The highest BCUT2D eigenvalue weighted by molar-refractivity contribution is 7.18. The normalized spacial score (nSPS) is 10.7. The Morgan fingerprint density at radius 3 is 3.10 bits per heavy atom. The topological polar surface area (TPSA) is 81.5 Å². The van der Waals surface area contributed by atoms with Crippen molar-refractivity contribution in [2.75, 3.05) is 6.61 Å². The van der Waals surface area contributed by atoms with Crippen LogP contribution >= 0.6 is 11.3 Å². The first-order valence-corrected chi connectivity index (χ1v) is 6.70. The maximum absolute atomic E-state index is 5.59. The van der Waals surface area contributed by atoms with Crippen LogP contribution in [0.2, 0.25) is 0 Å². The number of H-pyrrole nitrogens is 1. The summed E-state index contributed by atoms with van der Waals surface area (Å²) in [7, 11) is 1.87. The van der Waals surface area contributed by atoms with Gasteiger partial charge in [-0.2, -0.15) is 15.2 Å². The zero-order valence-corrected chi connectivity index (χ0v) is 11.6. The Morgan fingerprint density at radius 1 is 1.55 bits per heavy atom. The number of hydrogen-bond donors (Lipinski definition) is 1. The van der Waals surface area contributed by atoms with Gasteiger partial charge in [0, 0.05) is 13.2 Å². The van der Waals surface area contributed by atoms with Crippen molar-refractivity contribution in [2.24, 2.45) is 7.05 Å². The lowest BCUT2D eigenvalue weighted by Gasteiger charge is -1.99. The first-order chi connectivity index (χ1) is 9.79. The summed E-state index contributed by atoms with van der Waals surface area (Å²) >= 11 is 1.47. The lowest BCUT2D eigenvalue weighted by atomic mass is 10.4. The number of thiazole rings is 1. The molecular formula is C12H12N6OS. The fourth-order valence-corrected chi connectivity index (χ4v) is 2.71. The van der Waals surface area contributed by atoms with E-state index in [0.717, 1.165) is 15.6 Å². The van der Waals surface area contributed by atoms with E-state index < -0.39 is 0 Å². The van der Waals surface area contributed by atoms with E-state index in [2.05, 4.69) is 31.8 Å². The fourth-order valence-electron chi connectivity index (χ4n) is 1.70. The molecule has 7 nitrogen and oxygen atoms in total. The predicted molar refractivity (Wildman–Crippen MR) is 75.4 cm³/mol. The maximum Gasteiger partial charge on any atom is 0.236 e. The van der Waals surface area contributed by atoms with Crippen molar-refractivity contribution in [3.63, 3.8) is 0 Å². The van der Waals surface area contributed by atoms with Crippen LogP contribution in [0, 0.1) is 0 Å². The molecule has 3 aromatic rings. The summed E-state index contributed by atoms with van der Waals surface area (Å²) in [5.41, 5.74) is 0.921. The summed E-state index contributed by atoms with van der Waals surface area (Å²) in [5, 5.41) is 11.6. The van der Waals surface area contributed by atoms with Gasteiger partial charge in [-0.1, -0.05) is 12.7 Å². The third kappa shape index (κ3) is 2.21. The summed E-state index contributed by atoms with van der Waals surface area (Å²) in [6.45, 7) is 4.02. The number of aromatic amines is 1. The number of ether oxygens (including phenoxy) is 1. The molecule has 0 bridgehead atoms. The van der Waals surface area contributed by atoms with Gasteiger partial charge in [0.25, 0.3) is 0 Å². The van der Waals surface area contributed by atoms with Gasteiger partial charge in [-0.05, 0) is 6.07 Å². The third-order valence-electron chi connectivity index (χ3n) is 2.60. The molecule has 3 aromatic heterocycles. The van der Waals surface area contributed by atoms with Crippen LogP contribution in [0.15, 0.2) is 31.2 Å². The maximum atomic E-state index is 5.59. The molecule has 0 amide bonds. The molecule has 8 heteroatoms. The zero-order chi connectivity index (χ0) is 13.9. The van der Waals surface area contributed by atoms with Gasteiger partial charge in [0.2, 0.25) is 5.88 Å². The van der Waals surface area contributed by atoms with Crippen LogP contribution < -0.4 is 4.74 Å². The molecule has 0 aliphatic rings. The molecule has 0 aliphatic heterocycles. The van der Waals surface area contributed by atoms with E-state index in [9.17, 15) is 0 Å². The number of nitrogens with zero attached hydrogens (tertiary/aromatic N) is 5. The lowest BCUT2D eigenvalue weighted by Crippen LogP contribution is -1.96. The molecule has 0 saturated carbocycles. The lowest BCUT2D eigenvalue weighted by molar-refractivity contribution is 0.352. The Hall–Kier alpha value is -2.48. The van der Waals surface area contributed by atoms with Crippen molar-refractivity contribution in [1.82, 2.24) is 29.9 Å². The third-order valence-corrected chi connectivity index (χ3v) is 3.67. The van der Waals surface area contributed by atoms with E-state index in [0.29, 0.717) is 18.3 Å². The quantitative estimate of drug-likeness (QED) is 0.725. The number of nitrogens with one attached hydrogen (secondary N) is 1. The highest BCUT2D eigenvalue weighted by atomic mass is 32.1. The number of aryl methyl sites for hydroxylation is 1. The van der Waals surface area contributed by atoms with E-state index in [1.165, 1.54) is 17.7 Å². The molecule has 0 saturated heterocycles. The van der Waals surface area contributed by atoms with Crippen molar-refractivity contribution in [3.05, 3.63) is 31.2 Å². The number of hydrogen-bond acceptors (Lipinski definition) is 6. The van der Waals surface area contributed by atoms with E-state index in [4.69, 9.17) is 4.74 Å². The van der Waals surface area contributed by atoms with Gasteiger partial charge in [-0.15, -0.1) is 11.3 Å². The Labute approximate surface area is 119 Å². The van der Waals surface area contributed by atoms with E-state index in [1.807, 2.05) is 13.1 Å². The van der Waals surface area contributed by atoms with Crippen molar-refractivity contribution < 1.29 is 4.74 Å². The second kappa shape index (κ2) is 5.25. The van der Waals surface area contributed by atoms with Crippen LogP contribution in [0.25, 0.3) is 21.4 Å². The minimum atomic E-state index is 0.385. The average molecular weight is 288 g/mol. The largest absolute Gasteiger partial charge is 0.472 e. The molecule has 20 heavy (non-hydrogen) atoms. The summed E-state index contributed by atoms with van der Waals surface area (Å²) in [6, 6.07) is 1.90. The SMILES string of the molecule is C=CCOc1nc(-c2ccnn2C)sc1-c1ncn[nH]1. The van der Waals surface area contributed by atoms with Gasteiger partial charge in [0.1, 0.15) is 22.8 Å². The van der Waals surface area contributed by atoms with E-state index in [1.54, 1.807) is 17.0 Å². The van der Waals surface area contributed by atoms with Crippen LogP contribution in [-0.4, -0.2) is 36.6 Å². The molecule has 0 atom stereocenters. The highest BCUT2D eigenvalue weighted by Gasteiger charge is 2.19. The van der Waals surface area contributed by atoms with Gasteiger partial charge in [-0.25, -0.2) is 4.98 Å². The monoisotopic (exact) mass is 288 g/mol. The minimum Gasteiger partial charge on any atom is -0.472 e. The molecular weight excluding hydrogens is 276 g/mol. The fraction of sp³-hybridized carbons (Fsp3) is 0.167. The Bertz CT molecular complexity index is 714. The van der Waals surface area contributed by atoms with Crippen LogP contribution in [0.4, 0.5) is 0 Å². The van der Waals surface area contributed by atoms with Crippen LogP contribution in [-0.2, 0) is 7.05 Å². The molecule has 3 rings (SSSR count). The van der Waals surface area contributed by atoms with Gasteiger partial charge in [-0.3, -0.25) is 9.78 Å². The standard InChI is InChI=1S/C12H12N6OS/c1-3-6-19-11-9(10-13-7-14-17-10)20-12(16-11)8-4-5-15-18(8)2/h3-5,7H,1,6H2,2H3,(H,13,14,17). The first kappa shape index (κ1) is 12.5. The smallest absolute Gasteiger partial charge is 0.236 e. The molecule has 3 heterocycles. The van der Waals surface area contributed by atoms with E-state index in [-0.39, 0.29) is 0 Å². The van der Waals surface area contributed by atoms with Gasteiger partial charge in [0.15, 0.2) is 5.82 Å². The van der Waals surface area contributed by atoms with Gasteiger partial charge in [0.05, 0.1) is 5.69 Å². The van der Waals surface area contributed by atoms with Crippen molar-refractivity contribution >= 4 is 11.3 Å². The van der Waals surface area contributed by atoms with Crippen molar-refractivity contribution in [1.29, 1.82) is 0 Å². The second-order valence-corrected chi connectivity index (χ2v) is 4.93.